The number of aliphatic hydroxyl groups excluding tert-OH is 1. The Morgan fingerprint density at radius 3 is 2.62 bits per heavy atom. The molecule has 2 aromatic carbocycles. The normalized spacial score (nSPS) is 20.9. The largest absolute Gasteiger partial charge is 0.370 e. The van der Waals surface area contributed by atoms with E-state index < -0.39 is 6.23 Å². The standard InChI is InChI=1S/C18H20N4O2/c23-17-13-20(12-14-6-2-1-3-7-14)10-11-21-16-9-5-4-8-15(16)19-18(24)22(17)21/h1-9,17,23H,10-13H2,(H,19,24). The monoisotopic (exact) mass is 324 g/mol. The van der Waals surface area contributed by atoms with E-state index in [9.17, 15) is 9.90 Å². The number of hydrogen-bond acceptors (Lipinski definition) is 4. The van der Waals surface area contributed by atoms with Crippen molar-refractivity contribution in [3.05, 3.63) is 60.2 Å². The summed E-state index contributed by atoms with van der Waals surface area (Å²) in [5.41, 5.74) is 2.89. The second kappa shape index (κ2) is 6.14. The van der Waals surface area contributed by atoms with Crippen LogP contribution in [0.25, 0.3) is 0 Å². The molecule has 0 radical (unpaired) electrons. The molecule has 2 aliphatic rings. The number of para-hydroxylation sites is 2. The van der Waals surface area contributed by atoms with Crippen LogP contribution < -0.4 is 10.3 Å². The molecule has 2 aliphatic heterocycles. The summed E-state index contributed by atoms with van der Waals surface area (Å²) in [6.07, 6.45) is -0.885. The minimum Gasteiger partial charge on any atom is -0.370 e. The first-order valence-electron chi connectivity index (χ1n) is 8.13. The van der Waals surface area contributed by atoms with Crippen molar-refractivity contribution in [2.45, 2.75) is 12.8 Å². The number of nitrogens with one attached hydrogen (secondary N) is 1. The summed E-state index contributed by atoms with van der Waals surface area (Å²) in [7, 11) is 0. The molecule has 2 N–H and O–H groups in total. The van der Waals surface area contributed by atoms with Crippen LogP contribution in [0.5, 0.6) is 0 Å². The smallest absolute Gasteiger partial charge is 0.343 e. The highest BCUT2D eigenvalue weighted by molar-refractivity contribution is 5.97. The topological polar surface area (TPSA) is 59.1 Å². The van der Waals surface area contributed by atoms with Crippen molar-refractivity contribution >= 4 is 17.4 Å². The third-order valence-electron chi connectivity index (χ3n) is 4.47. The van der Waals surface area contributed by atoms with Gasteiger partial charge in [-0.15, -0.1) is 0 Å². The van der Waals surface area contributed by atoms with Crippen LogP contribution in [-0.4, -0.2) is 46.9 Å². The van der Waals surface area contributed by atoms with E-state index >= 15 is 0 Å². The molecule has 6 heteroatoms. The van der Waals surface area contributed by atoms with Gasteiger partial charge in [-0.1, -0.05) is 42.5 Å². The minimum atomic E-state index is -0.885. The Balaban J connectivity index is 1.59. The Bertz CT molecular complexity index is 737. The van der Waals surface area contributed by atoms with Crippen molar-refractivity contribution < 1.29 is 9.90 Å². The maximum absolute atomic E-state index is 12.4. The molecular formula is C18H20N4O2. The number of aliphatic hydroxyl groups is 1. The Hall–Kier alpha value is -2.57. The average molecular weight is 324 g/mol. The molecular weight excluding hydrogens is 304 g/mol. The van der Waals surface area contributed by atoms with Crippen LogP contribution in [0.2, 0.25) is 0 Å². The molecule has 124 valence electrons. The second-order valence-electron chi connectivity index (χ2n) is 6.12. The number of nitrogens with zero attached hydrogens (tertiary/aromatic N) is 3. The number of hydrazine groups is 1. The van der Waals surface area contributed by atoms with Gasteiger partial charge in [-0.2, -0.15) is 0 Å². The molecule has 0 saturated carbocycles. The molecule has 1 fully saturated rings. The molecule has 0 aromatic heterocycles. The predicted molar refractivity (Wildman–Crippen MR) is 92.4 cm³/mol. The van der Waals surface area contributed by atoms with Gasteiger partial charge in [0.05, 0.1) is 17.9 Å². The molecule has 6 nitrogen and oxygen atoms in total. The average Bonchev–Trinajstić information content (AvgIpc) is 2.75. The van der Waals surface area contributed by atoms with E-state index in [2.05, 4.69) is 22.3 Å². The van der Waals surface area contributed by atoms with Gasteiger partial charge in [0.25, 0.3) is 0 Å². The fourth-order valence-electron chi connectivity index (χ4n) is 3.35. The lowest BCUT2D eigenvalue weighted by molar-refractivity contribution is 0.0155. The van der Waals surface area contributed by atoms with E-state index in [0.29, 0.717) is 13.1 Å². The van der Waals surface area contributed by atoms with Gasteiger partial charge in [0.15, 0.2) is 6.23 Å². The van der Waals surface area contributed by atoms with Crippen LogP contribution in [-0.2, 0) is 6.54 Å². The zero-order chi connectivity index (χ0) is 16.5. The molecule has 1 atom stereocenters. The van der Waals surface area contributed by atoms with Crippen molar-refractivity contribution in [1.82, 2.24) is 9.91 Å². The van der Waals surface area contributed by atoms with Crippen molar-refractivity contribution in [1.29, 1.82) is 0 Å². The van der Waals surface area contributed by atoms with Crippen molar-refractivity contribution in [3.8, 4) is 0 Å². The Morgan fingerprint density at radius 2 is 1.79 bits per heavy atom. The van der Waals surface area contributed by atoms with E-state index in [1.807, 2.05) is 47.5 Å². The predicted octanol–water partition coefficient (Wildman–Crippen LogP) is 2.09. The number of β-amino-alcohol motifs (C(OH)–C–C–N with tert-alkyl or cyclic N) is 1. The van der Waals surface area contributed by atoms with Gasteiger partial charge in [0, 0.05) is 19.6 Å². The zero-order valence-electron chi connectivity index (χ0n) is 13.3. The Morgan fingerprint density at radius 1 is 1.04 bits per heavy atom. The lowest BCUT2D eigenvalue weighted by atomic mass is 10.2. The Labute approximate surface area is 140 Å². The van der Waals surface area contributed by atoms with Crippen molar-refractivity contribution in [3.63, 3.8) is 0 Å². The molecule has 24 heavy (non-hydrogen) atoms. The zero-order valence-corrected chi connectivity index (χ0v) is 13.3. The van der Waals surface area contributed by atoms with Gasteiger partial charge in [-0.05, 0) is 17.7 Å². The first-order chi connectivity index (χ1) is 11.7. The highest BCUT2D eigenvalue weighted by atomic mass is 16.3. The van der Waals surface area contributed by atoms with Gasteiger partial charge in [0.2, 0.25) is 0 Å². The molecule has 2 aromatic rings. The van der Waals surface area contributed by atoms with E-state index in [1.54, 1.807) is 0 Å². The molecule has 2 amide bonds. The fourth-order valence-corrected chi connectivity index (χ4v) is 3.35. The number of amides is 2. The number of fused-ring (bicyclic) bond motifs is 3. The quantitative estimate of drug-likeness (QED) is 0.888. The van der Waals surface area contributed by atoms with Crippen LogP contribution in [0.3, 0.4) is 0 Å². The lowest BCUT2D eigenvalue weighted by Gasteiger charge is -2.41. The molecule has 0 spiro atoms. The number of carbonyl (C=O) groups is 1. The van der Waals surface area contributed by atoms with Crippen LogP contribution in [0.15, 0.2) is 54.6 Å². The van der Waals surface area contributed by atoms with Crippen LogP contribution in [0.4, 0.5) is 16.2 Å². The molecule has 0 bridgehead atoms. The number of hydrogen-bond donors (Lipinski definition) is 2. The number of urea groups is 1. The van der Waals surface area contributed by atoms with E-state index in [1.165, 1.54) is 10.6 Å². The van der Waals surface area contributed by atoms with Gasteiger partial charge < -0.3 is 10.4 Å². The number of rotatable bonds is 2. The number of anilines is 2. The molecule has 0 aliphatic carbocycles. The summed E-state index contributed by atoms with van der Waals surface area (Å²) in [4.78, 5) is 14.6. The highest BCUT2D eigenvalue weighted by Gasteiger charge is 2.37. The summed E-state index contributed by atoms with van der Waals surface area (Å²) >= 11 is 0. The Kier molecular flexibility index (Phi) is 3.84. The first kappa shape index (κ1) is 15.0. The first-order valence-corrected chi connectivity index (χ1v) is 8.13. The molecule has 1 saturated heterocycles. The molecule has 1 unspecified atom stereocenters. The van der Waals surface area contributed by atoms with Gasteiger partial charge in [0.1, 0.15) is 0 Å². The fraction of sp³-hybridized carbons (Fsp3) is 0.278. The van der Waals surface area contributed by atoms with Gasteiger partial charge >= 0.3 is 6.03 Å². The number of carbonyl (C=O) groups excluding carboxylic acids is 1. The van der Waals surface area contributed by atoms with E-state index in [-0.39, 0.29) is 6.03 Å². The van der Waals surface area contributed by atoms with Crippen LogP contribution >= 0.6 is 0 Å². The maximum atomic E-state index is 12.4. The van der Waals surface area contributed by atoms with Crippen molar-refractivity contribution in [2.24, 2.45) is 0 Å². The van der Waals surface area contributed by atoms with Crippen LogP contribution in [0, 0.1) is 0 Å². The minimum absolute atomic E-state index is 0.289. The van der Waals surface area contributed by atoms with Gasteiger partial charge in [-0.3, -0.25) is 9.91 Å². The molecule has 2 heterocycles. The third-order valence-corrected chi connectivity index (χ3v) is 4.47. The van der Waals surface area contributed by atoms with Crippen LogP contribution in [0.1, 0.15) is 5.56 Å². The third kappa shape index (κ3) is 2.70. The maximum Gasteiger partial charge on any atom is 0.343 e. The van der Waals surface area contributed by atoms with E-state index in [4.69, 9.17) is 0 Å². The summed E-state index contributed by atoms with van der Waals surface area (Å²) in [5, 5.41) is 16.8. The van der Waals surface area contributed by atoms with Gasteiger partial charge in [-0.25, -0.2) is 9.80 Å². The van der Waals surface area contributed by atoms with E-state index in [0.717, 1.165) is 24.5 Å². The number of benzene rings is 2. The molecule has 4 rings (SSSR count). The summed E-state index contributed by atoms with van der Waals surface area (Å²) in [6, 6.07) is 17.6. The summed E-state index contributed by atoms with van der Waals surface area (Å²) in [6.45, 7) is 2.59. The highest BCUT2D eigenvalue weighted by Crippen LogP contribution is 2.33. The summed E-state index contributed by atoms with van der Waals surface area (Å²) in [5.74, 6) is 0. The summed E-state index contributed by atoms with van der Waals surface area (Å²) < 4.78 is 0. The SMILES string of the molecule is O=C1Nc2ccccc2N2CCN(Cc3ccccc3)CC(O)N12. The second-order valence-corrected chi connectivity index (χ2v) is 6.12. The van der Waals surface area contributed by atoms with Crippen molar-refractivity contribution in [2.75, 3.05) is 30.0 Å². The lowest BCUT2D eigenvalue weighted by Crippen LogP contribution is -2.57.